The quantitative estimate of drug-likeness (QED) is 0.409. The summed E-state index contributed by atoms with van der Waals surface area (Å²) in [7, 11) is -3.62. The lowest BCUT2D eigenvalue weighted by Crippen LogP contribution is -2.12. The maximum absolute atomic E-state index is 12.5. The van der Waals surface area contributed by atoms with E-state index in [0.29, 0.717) is 11.4 Å². The largest absolute Gasteiger partial charge is 0.280 e. The van der Waals surface area contributed by atoms with Gasteiger partial charge < -0.3 is 0 Å². The molecule has 0 spiro atoms. The number of rotatable bonds is 5. The van der Waals surface area contributed by atoms with Crippen molar-refractivity contribution in [3.63, 3.8) is 0 Å². The molecule has 6 heteroatoms. The van der Waals surface area contributed by atoms with Gasteiger partial charge in [0.15, 0.2) is 0 Å². The molecule has 0 unspecified atom stereocenters. The standard InChI is InChI=1S/C20H17IN2O2S/c1-15-2-4-16(5-3-15)14-22-18-10-12-20(13-11-18)26(24,25)23-19-8-6-17(21)7-9-19/h2-14,23H,1H3. The van der Waals surface area contributed by atoms with E-state index in [1.165, 1.54) is 5.56 Å². The third-order valence-corrected chi connectivity index (χ3v) is 5.80. The summed E-state index contributed by atoms with van der Waals surface area (Å²) >= 11 is 2.17. The molecule has 0 atom stereocenters. The van der Waals surface area contributed by atoms with Crippen molar-refractivity contribution in [1.82, 2.24) is 0 Å². The van der Waals surface area contributed by atoms with Crippen LogP contribution in [-0.4, -0.2) is 14.6 Å². The van der Waals surface area contributed by atoms with Crippen LogP contribution in [-0.2, 0) is 10.0 Å². The van der Waals surface area contributed by atoms with Gasteiger partial charge in [0.2, 0.25) is 0 Å². The number of aliphatic imine (C=N–C) groups is 1. The fourth-order valence-electron chi connectivity index (χ4n) is 2.24. The van der Waals surface area contributed by atoms with Crippen LogP contribution in [0.2, 0.25) is 0 Å². The molecule has 3 aromatic carbocycles. The van der Waals surface area contributed by atoms with Gasteiger partial charge in [0.1, 0.15) is 0 Å². The van der Waals surface area contributed by atoms with Crippen LogP contribution in [0.1, 0.15) is 11.1 Å². The Hall–Kier alpha value is -2.19. The Morgan fingerprint density at radius 2 is 1.50 bits per heavy atom. The highest BCUT2D eigenvalue weighted by molar-refractivity contribution is 14.1. The summed E-state index contributed by atoms with van der Waals surface area (Å²) in [4.78, 5) is 4.58. The molecule has 1 N–H and O–H groups in total. The Labute approximate surface area is 167 Å². The molecule has 0 aliphatic carbocycles. The van der Waals surface area contributed by atoms with Crippen LogP contribution in [0.15, 0.2) is 82.7 Å². The van der Waals surface area contributed by atoms with Crippen molar-refractivity contribution in [1.29, 1.82) is 0 Å². The molecule has 26 heavy (non-hydrogen) atoms. The van der Waals surface area contributed by atoms with Gasteiger partial charge in [-0.3, -0.25) is 9.71 Å². The van der Waals surface area contributed by atoms with Gasteiger partial charge in [-0.05, 0) is 83.6 Å². The Morgan fingerprint density at radius 3 is 2.12 bits per heavy atom. The van der Waals surface area contributed by atoms with E-state index < -0.39 is 10.0 Å². The van der Waals surface area contributed by atoms with Crippen molar-refractivity contribution in [3.8, 4) is 0 Å². The van der Waals surface area contributed by atoms with E-state index >= 15 is 0 Å². The fourth-order valence-corrected chi connectivity index (χ4v) is 3.66. The van der Waals surface area contributed by atoms with Gasteiger partial charge in [0.05, 0.1) is 10.6 Å². The smallest absolute Gasteiger partial charge is 0.261 e. The highest BCUT2D eigenvalue weighted by Crippen LogP contribution is 2.20. The molecule has 0 aliphatic heterocycles. The van der Waals surface area contributed by atoms with Gasteiger partial charge in [0.25, 0.3) is 10.0 Å². The maximum Gasteiger partial charge on any atom is 0.261 e. The van der Waals surface area contributed by atoms with Gasteiger partial charge in [-0.2, -0.15) is 0 Å². The van der Waals surface area contributed by atoms with Crippen LogP contribution in [0.4, 0.5) is 11.4 Å². The second-order valence-corrected chi connectivity index (χ2v) is 8.70. The summed E-state index contributed by atoms with van der Waals surface area (Å²) in [5, 5.41) is 0. The number of hydrogen-bond acceptors (Lipinski definition) is 3. The monoisotopic (exact) mass is 476 g/mol. The highest BCUT2D eigenvalue weighted by atomic mass is 127. The number of aryl methyl sites for hydroxylation is 1. The lowest BCUT2D eigenvalue weighted by Gasteiger charge is -2.08. The summed E-state index contributed by atoms with van der Waals surface area (Å²) in [5.74, 6) is 0. The van der Waals surface area contributed by atoms with Gasteiger partial charge in [-0.1, -0.05) is 29.8 Å². The summed E-state index contributed by atoms with van der Waals surface area (Å²) < 4.78 is 28.5. The van der Waals surface area contributed by atoms with Crippen molar-refractivity contribution in [3.05, 3.63) is 87.5 Å². The molecule has 0 aliphatic rings. The lowest BCUT2D eigenvalue weighted by molar-refractivity contribution is 0.601. The predicted octanol–water partition coefficient (Wildman–Crippen LogP) is 5.15. The molecule has 0 radical (unpaired) electrons. The molecule has 3 rings (SSSR count). The minimum Gasteiger partial charge on any atom is -0.280 e. The minimum atomic E-state index is -3.62. The Kier molecular flexibility index (Phi) is 5.73. The zero-order valence-electron chi connectivity index (χ0n) is 14.1. The normalized spacial score (nSPS) is 11.6. The molecule has 0 fully saturated rings. The molecule has 4 nitrogen and oxygen atoms in total. The molecular weight excluding hydrogens is 459 g/mol. The van der Waals surface area contributed by atoms with Crippen LogP contribution in [0.5, 0.6) is 0 Å². The van der Waals surface area contributed by atoms with Gasteiger partial charge in [-0.15, -0.1) is 0 Å². The number of hydrogen-bond donors (Lipinski definition) is 1. The second kappa shape index (κ2) is 8.01. The molecule has 0 amide bonds. The number of halogens is 1. The first-order valence-corrected chi connectivity index (χ1v) is 10.5. The van der Waals surface area contributed by atoms with Crippen molar-refractivity contribution in [2.45, 2.75) is 11.8 Å². The van der Waals surface area contributed by atoms with Crippen LogP contribution in [0, 0.1) is 10.5 Å². The Bertz CT molecular complexity index is 1010. The van der Waals surface area contributed by atoms with Crippen LogP contribution < -0.4 is 4.72 Å². The van der Waals surface area contributed by atoms with E-state index in [2.05, 4.69) is 32.3 Å². The molecule has 3 aromatic rings. The third kappa shape index (κ3) is 4.92. The van der Waals surface area contributed by atoms with Crippen LogP contribution in [0.25, 0.3) is 0 Å². The SMILES string of the molecule is Cc1ccc(C=Nc2ccc(S(=O)(=O)Nc3ccc(I)cc3)cc2)cc1. The van der Waals surface area contributed by atoms with E-state index in [4.69, 9.17) is 0 Å². The number of anilines is 1. The number of nitrogens with one attached hydrogen (secondary N) is 1. The molecule has 0 heterocycles. The topological polar surface area (TPSA) is 58.5 Å². The molecule has 0 saturated heterocycles. The van der Waals surface area contributed by atoms with Crippen molar-refractivity contribution in [2.75, 3.05) is 4.72 Å². The average molecular weight is 476 g/mol. The van der Waals surface area contributed by atoms with Gasteiger partial charge in [0, 0.05) is 15.5 Å². The summed E-state index contributed by atoms with van der Waals surface area (Å²) in [6.45, 7) is 2.03. The fraction of sp³-hybridized carbons (Fsp3) is 0.0500. The van der Waals surface area contributed by atoms with Gasteiger partial charge >= 0.3 is 0 Å². The molecule has 0 aromatic heterocycles. The summed E-state index contributed by atoms with van der Waals surface area (Å²) in [5.41, 5.74) is 3.41. The zero-order valence-corrected chi connectivity index (χ0v) is 17.0. The Morgan fingerprint density at radius 1 is 0.885 bits per heavy atom. The van der Waals surface area contributed by atoms with E-state index in [1.807, 2.05) is 43.3 Å². The van der Waals surface area contributed by atoms with E-state index in [9.17, 15) is 8.42 Å². The average Bonchev–Trinajstić information content (AvgIpc) is 2.63. The summed E-state index contributed by atoms with van der Waals surface area (Å²) in [6, 6.07) is 21.7. The zero-order chi connectivity index (χ0) is 18.6. The molecule has 0 bridgehead atoms. The van der Waals surface area contributed by atoms with Crippen molar-refractivity contribution in [2.24, 2.45) is 4.99 Å². The highest BCUT2D eigenvalue weighted by Gasteiger charge is 2.13. The molecular formula is C20H17IN2O2S. The Balaban J connectivity index is 1.73. The van der Waals surface area contributed by atoms with Crippen LogP contribution in [0.3, 0.4) is 0 Å². The number of nitrogens with zero attached hydrogens (tertiary/aromatic N) is 1. The maximum atomic E-state index is 12.5. The van der Waals surface area contributed by atoms with E-state index in [-0.39, 0.29) is 4.90 Å². The first kappa shape index (κ1) is 18.6. The first-order valence-electron chi connectivity index (χ1n) is 7.92. The third-order valence-electron chi connectivity index (χ3n) is 3.68. The predicted molar refractivity (Wildman–Crippen MR) is 115 cm³/mol. The van der Waals surface area contributed by atoms with Crippen LogP contribution >= 0.6 is 22.6 Å². The summed E-state index contributed by atoms with van der Waals surface area (Å²) in [6.07, 6.45) is 1.76. The number of benzene rings is 3. The number of sulfonamides is 1. The minimum absolute atomic E-state index is 0.199. The van der Waals surface area contributed by atoms with Crippen molar-refractivity contribution >= 4 is 50.2 Å². The van der Waals surface area contributed by atoms with E-state index in [0.717, 1.165) is 9.13 Å². The molecule has 132 valence electrons. The van der Waals surface area contributed by atoms with Crippen molar-refractivity contribution < 1.29 is 8.42 Å². The van der Waals surface area contributed by atoms with Gasteiger partial charge in [-0.25, -0.2) is 8.42 Å². The first-order chi connectivity index (χ1) is 12.4. The van der Waals surface area contributed by atoms with E-state index in [1.54, 1.807) is 42.6 Å². The lowest BCUT2D eigenvalue weighted by atomic mass is 10.2. The molecule has 0 saturated carbocycles. The second-order valence-electron chi connectivity index (χ2n) is 5.78.